The first-order valence-electron chi connectivity index (χ1n) is 7.92. The molecule has 0 saturated heterocycles. The molecular weight excluding hydrogens is 339 g/mol. The predicted octanol–water partition coefficient (Wildman–Crippen LogP) is 0.295. The number of phosphoric acid groups is 1. The van der Waals surface area contributed by atoms with Crippen molar-refractivity contribution >= 4 is 19.6 Å². The van der Waals surface area contributed by atoms with Crippen LogP contribution in [0, 0.1) is 5.41 Å². The third kappa shape index (κ3) is 10.7. The molecule has 24 heavy (non-hydrogen) atoms. The van der Waals surface area contributed by atoms with Crippen LogP contribution >= 0.6 is 7.82 Å². The Balaban J connectivity index is 4.13. The summed E-state index contributed by atoms with van der Waals surface area (Å²) in [4.78, 5) is 40.7. The molecule has 0 aliphatic rings. The van der Waals surface area contributed by atoms with Gasteiger partial charge < -0.3 is 25.5 Å². The second kappa shape index (κ2) is 10.8. The van der Waals surface area contributed by atoms with E-state index in [-0.39, 0.29) is 18.9 Å². The number of phosphoric ester groups is 1. The van der Waals surface area contributed by atoms with Crippen molar-refractivity contribution in [2.24, 2.45) is 5.41 Å². The molecule has 0 aliphatic carbocycles. The van der Waals surface area contributed by atoms with Gasteiger partial charge in [-0.1, -0.05) is 33.6 Å². The van der Waals surface area contributed by atoms with Crippen LogP contribution in [0.2, 0.25) is 0 Å². The summed E-state index contributed by atoms with van der Waals surface area (Å²) < 4.78 is 15.0. The monoisotopic (exact) mass is 368 g/mol. The number of carbonyl (C=O) groups is 2. The summed E-state index contributed by atoms with van der Waals surface area (Å²) in [5.74, 6) is -0.918. The van der Waals surface area contributed by atoms with Gasteiger partial charge in [0.2, 0.25) is 11.8 Å². The molecule has 0 radical (unpaired) electrons. The van der Waals surface area contributed by atoms with E-state index in [1.54, 1.807) is 0 Å². The van der Waals surface area contributed by atoms with Crippen LogP contribution in [0.1, 0.15) is 46.5 Å². The van der Waals surface area contributed by atoms with E-state index in [1.807, 2.05) is 0 Å². The molecule has 0 spiro atoms. The van der Waals surface area contributed by atoms with Gasteiger partial charge in [0, 0.05) is 24.9 Å². The number of aliphatic hydroxyl groups excluding tert-OH is 1. The zero-order valence-electron chi connectivity index (χ0n) is 14.4. The summed E-state index contributed by atoms with van der Waals surface area (Å²) in [7, 11) is -4.68. The topological polar surface area (TPSA) is 145 Å². The van der Waals surface area contributed by atoms with E-state index >= 15 is 0 Å². The highest BCUT2D eigenvalue weighted by Crippen LogP contribution is 2.38. The number of unbranched alkanes of at least 4 members (excludes halogenated alkanes) is 2. The lowest BCUT2D eigenvalue weighted by Gasteiger charge is -2.29. The number of hydrogen-bond donors (Lipinski definition) is 5. The fourth-order valence-electron chi connectivity index (χ4n) is 1.77. The van der Waals surface area contributed by atoms with Crippen molar-refractivity contribution in [2.45, 2.75) is 52.6 Å². The summed E-state index contributed by atoms with van der Waals surface area (Å²) in [6, 6.07) is 0. The van der Waals surface area contributed by atoms with Gasteiger partial charge in [-0.3, -0.25) is 14.1 Å². The maximum absolute atomic E-state index is 11.9. The van der Waals surface area contributed by atoms with Gasteiger partial charge in [-0.2, -0.15) is 0 Å². The SMILES string of the molecule is CCCCCNC(=O)CCNC(=O)[C@H](O)C(C)(C)COP(=O)(O)O. The van der Waals surface area contributed by atoms with E-state index in [2.05, 4.69) is 22.1 Å². The zero-order valence-corrected chi connectivity index (χ0v) is 15.3. The van der Waals surface area contributed by atoms with Crippen molar-refractivity contribution in [3.63, 3.8) is 0 Å². The van der Waals surface area contributed by atoms with Crippen LogP contribution in [-0.4, -0.2) is 52.5 Å². The van der Waals surface area contributed by atoms with Gasteiger partial charge in [0.05, 0.1) is 6.61 Å². The van der Waals surface area contributed by atoms with Crippen LogP contribution in [-0.2, 0) is 18.7 Å². The van der Waals surface area contributed by atoms with E-state index in [9.17, 15) is 19.3 Å². The van der Waals surface area contributed by atoms with E-state index in [0.29, 0.717) is 6.54 Å². The number of aliphatic hydroxyl groups is 1. The van der Waals surface area contributed by atoms with Crippen LogP contribution in [0.3, 0.4) is 0 Å². The zero-order chi connectivity index (χ0) is 18.8. The standard InChI is InChI=1S/C14H29N2O7P/c1-4-5-6-8-15-11(17)7-9-16-13(19)12(18)14(2,3)10-23-24(20,21)22/h12,18H,4-10H2,1-3H3,(H,15,17)(H,16,19)(H2,20,21,22)/t12-/m0/s1. The largest absolute Gasteiger partial charge is 0.469 e. The maximum atomic E-state index is 11.9. The summed E-state index contributed by atoms with van der Waals surface area (Å²) in [5.41, 5.74) is -1.20. The fraction of sp³-hybridized carbons (Fsp3) is 0.857. The molecule has 1 atom stereocenters. The summed E-state index contributed by atoms with van der Waals surface area (Å²) in [6.07, 6.45) is 1.56. The molecule has 0 rings (SSSR count). The molecule has 0 bridgehead atoms. The van der Waals surface area contributed by atoms with Gasteiger partial charge in [-0.15, -0.1) is 0 Å². The minimum Gasteiger partial charge on any atom is -0.383 e. The first-order valence-corrected chi connectivity index (χ1v) is 9.45. The molecule has 0 saturated carbocycles. The van der Waals surface area contributed by atoms with Crippen LogP contribution < -0.4 is 10.6 Å². The molecule has 0 unspecified atom stereocenters. The Morgan fingerprint density at radius 3 is 2.33 bits per heavy atom. The number of nitrogens with one attached hydrogen (secondary N) is 2. The Morgan fingerprint density at radius 2 is 1.79 bits per heavy atom. The van der Waals surface area contributed by atoms with Crippen molar-refractivity contribution in [2.75, 3.05) is 19.7 Å². The summed E-state index contributed by atoms with van der Waals surface area (Å²) in [6.45, 7) is 5.10. The van der Waals surface area contributed by atoms with Gasteiger partial charge in [-0.05, 0) is 6.42 Å². The smallest absolute Gasteiger partial charge is 0.383 e. The lowest BCUT2D eigenvalue weighted by atomic mass is 9.87. The Labute approximate surface area is 142 Å². The van der Waals surface area contributed by atoms with Crippen molar-refractivity contribution < 1.29 is 33.6 Å². The number of amides is 2. The van der Waals surface area contributed by atoms with Crippen molar-refractivity contribution in [1.82, 2.24) is 10.6 Å². The van der Waals surface area contributed by atoms with Gasteiger partial charge in [-0.25, -0.2) is 4.57 Å². The van der Waals surface area contributed by atoms with Crippen molar-refractivity contribution in [1.29, 1.82) is 0 Å². The molecule has 2 amide bonds. The number of rotatable bonds is 12. The minimum atomic E-state index is -4.68. The lowest BCUT2D eigenvalue weighted by Crippen LogP contribution is -2.46. The van der Waals surface area contributed by atoms with Gasteiger partial charge >= 0.3 is 7.82 Å². The third-order valence-electron chi connectivity index (χ3n) is 3.35. The highest BCUT2D eigenvalue weighted by atomic mass is 31.2. The molecule has 0 aromatic heterocycles. The number of hydrogen-bond acceptors (Lipinski definition) is 5. The lowest BCUT2D eigenvalue weighted by molar-refractivity contribution is -0.137. The quantitative estimate of drug-likeness (QED) is 0.246. The Morgan fingerprint density at radius 1 is 1.17 bits per heavy atom. The first kappa shape index (κ1) is 23.0. The second-order valence-corrected chi connectivity index (χ2v) is 7.49. The molecule has 0 aliphatic heterocycles. The normalized spacial score (nSPS) is 13.4. The maximum Gasteiger partial charge on any atom is 0.469 e. The third-order valence-corrected chi connectivity index (χ3v) is 3.81. The molecule has 0 aromatic carbocycles. The molecule has 0 fully saturated rings. The van der Waals surface area contributed by atoms with E-state index < -0.39 is 31.9 Å². The minimum absolute atomic E-state index is 0.0605. The molecule has 9 nitrogen and oxygen atoms in total. The highest BCUT2D eigenvalue weighted by molar-refractivity contribution is 7.46. The van der Waals surface area contributed by atoms with E-state index in [4.69, 9.17) is 9.79 Å². The van der Waals surface area contributed by atoms with E-state index in [0.717, 1.165) is 19.3 Å². The first-order chi connectivity index (χ1) is 11.0. The average molecular weight is 368 g/mol. The van der Waals surface area contributed by atoms with Gasteiger partial charge in [0.25, 0.3) is 0 Å². The molecular formula is C14H29N2O7P. The number of carbonyl (C=O) groups excluding carboxylic acids is 2. The van der Waals surface area contributed by atoms with E-state index in [1.165, 1.54) is 13.8 Å². The van der Waals surface area contributed by atoms with Crippen LogP contribution in [0.4, 0.5) is 0 Å². The molecule has 142 valence electrons. The Kier molecular flexibility index (Phi) is 10.3. The predicted molar refractivity (Wildman–Crippen MR) is 87.9 cm³/mol. The van der Waals surface area contributed by atoms with Crippen molar-refractivity contribution in [3.05, 3.63) is 0 Å². The highest BCUT2D eigenvalue weighted by Gasteiger charge is 2.35. The van der Waals surface area contributed by atoms with Gasteiger partial charge in [0.1, 0.15) is 6.10 Å². The molecule has 10 heteroatoms. The fourth-order valence-corrected chi connectivity index (χ4v) is 2.27. The Bertz CT molecular complexity index is 450. The molecule has 0 aromatic rings. The summed E-state index contributed by atoms with van der Waals surface area (Å²) >= 11 is 0. The average Bonchev–Trinajstić information content (AvgIpc) is 2.48. The summed E-state index contributed by atoms with van der Waals surface area (Å²) in [5, 5.41) is 15.1. The van der Waals surface area contributed by atoms with Crippen molar-refractivity contribution in [3.8, 4) is 0 Å². The van der Waals surface area contributed by atoms with Crippen LogP contribution in [0.5, 0.6) is 0 Å². The molecule has 0 heterocycles. The van der Waals surface area contributed by atoms with Crippen LogP contribution in [0.25, 0.3) is 0 Å². The van der Waals surface area contributed by atoms with Gasteiger partial charge in [0.15, 0.2) is 0 Å². The second-order valence-electron chi connectivity index (χ2n) is 6.25. The Hall–Kier alpha value is -0.990. The van der Waals surface area contributed by atoms with Crippen LogP contribution in [0.15, 0.2) is 0 Å². The molecule has 5 N–H and O–H groups in total.